The molecular weight excluding hydrogens is 290 g/mol. The summed E-state index contributed by atoms with van der Waals surface area (Å²) in [7, 11) is 0. The van der Waals surface area contributed by atoms with Crippen molar-refractivity contribution in [2.75, 3.05) is 0 Å². The summed E-state index contributed by atoms with van der Waals surface area (Å²) in [6.45, 7) is 3.83. The standard InChI is InChI=1S/C19H27NO3/c1-13(2)15-8-10-16(11-9-15)18(21)20-17(19(22)23)12-14-6-4-3-5-7-14/h3-7,13,15-17H,8-12H2,1-2H3,(H,20,21)(H,22,23)/t15-,16-,17-/m1/s1/i13D. The van der Waals surface area contributed by atoms with Crippen LogP contribution in [0, 0.1) is 17.7 Å². The molecule has 4 nitrogen and oxygen atoms in total. The lowest BCUT2D eigenvalue weighted by molar-refractivity contribution is -0.142. The zero-order valence-corrected chi connectivity index (χ0v) is 13.9. The fourth-order valence-corrected chi connectivity index (χ4v) is 3.27. The van der Waals surface area contributed by atoms with Gasteiger partial charge < -0.3 is 10.4 Å². The molecule has 1 amide bonds. The molecule has 0 aliphatic heterocycles. The highest BCUT2D eigenvalue weighted by Gasteiger charge is 2.30. The molecule has 23 heavy (non-hydrogen) atoms. The number of rotatable bonds is 6. The molecule has 0 spiro atoms. The van der Waals surface area contributed by atoms with Crippen LogP contribution in [0.4, 0.5) is 0 Å². The Morgan fingerprint density at radius 1 is 1.22 bits per heavy atom. The van der Waals surface area contributed by atoms with E-state index in [4.69, 9.17) is 1.37 Å². The second kappa shape index (κ2) is 8.14. The van der Waals surface area contributed by atoms with E-state index in [0.29, 0.717) is 5.92 Å². The average Bonchev–Trinajstić information content (AvgIpc) is 2.54. The first-order valence-electron chi connectivity index (χ1n) is 8.84. The van der Waals surface area contributed by atoms with E-state index >= 15 is 0 Å². The quantitative estimate of drug-likeness (QED) is 0.846. The van der Waals surface area contributed by atoms with E-state index in [9.17, 15) is 14.7 Å². The Morgan fingerprint density at radius 3 is 2.35 bits per heavy atom. The van der Waals surface area contributed by atoms with Gasteiger partial charge in [-0.15, -0.1) is 0 Å². The first kappa shape index (κ1) is 16.0. The lowest BCUT2D eigenvalue weighted by Crippen LogP contribution is -2.45. The van der Waals surface area contributed by atoms with E-state index in [1.165, 1.54) is 0 Å². The number of nitrogens with one attached hydrogen (secondary N) is 1. The fraction of sp³-hybridized carbons (Fsp3) is 0.579. The van der Waals surface area contributed by atoms with Crippen LogP contribution in [0.25, 0.3) is 0 Å². The molecule has 1 aromatic rings. The Bertz CT molecular complexity index is 560. The zero-order valence-electron chi connectivity index (χ0n) is 14.9. The monoisotopic (exact) mass is 318 g/mol. The van der Waals surface area contributed by atoms with Crippen LogP contribution >= 0.6 is 0 Å². The predicted molar refractivity (Wildman–Crippen MR) is 90.0 cm³/mol. The maximum absolute atomic E-state index is 12.4. The molecule has 0 radical (unpaired) electrons. The van der Waals surface area contributed by atoms with Gasteiger partial charge in [0.25, 0.3) is 0 Å². The molecule has 1 aliphatic carbocycles. The SMILES string of the molecule is [2H]C(C)(C)[C@H]1CC[C@H](C(=O)N[C@H](Cc2ccccc2)C(=O)O)CC1. The summed E-state index contributed by atoms with van der Waals surface area (Å²) in [6, 6.07) is 8.43. The van der Waals surface area contributed by atoms with Crippen molar-refractivity contribution < 1.29 is 16.1 Å². The van der Waals surface area contributed by atoms with Crippen LogP contribution in [-0.4, -0.2) is 23.0 Å². The van der Waals surface area contributed by atoms with E-state index in [2.05, 4.69) is 5.32 Å². The van der Waals surface area contributed by atoms with Crippen molar-refractivity contribution in [3.8, 4) is 0 Å². The lowest BCUT2D eigenvalue weighted by Gasteiger charge is -2.30. The molecule has 0 unspecified atom stereocenters. The van der Waals surface area contributed by atoms with Gasteiger partial charge in [-0.25, -0.2) is 4.79 Å². The Balaban J connectivity index is 1.91. The molecule has 1 aromatic carbocycles. The normalized spacial score (nSPS) is 23.7. The minimum absolute atomic E-state index is 0.138. The largest absolute Gasteiger partial charge is 0.480 e. The van der Waals surface area contributed by atoms with Crippen LogP contribution in [-0.2, 0) is 16.0 Å². The summed E-state index contributed by atoms with van der Waals surface area (Å²) < 4.78 is 8.12. The molecule has 1 aliphatic rings. The van der Waals surface area contributed by atoms with Gasteiger partial charge in [0, 0.05) is 13.7 Å². The van der Waals surface area contributed by atoms with Crippen molar-refractivity contribution >= 4 is 11.9 Å². The molecule has 0 bridgehead atoms. The Morgan fingerprint density at radius 2 is 1.83 bits per heavy atom. The van der Waals surface area contributed by atoms with Gasteiger partial charge in [0.1, 0.15) is 6.04 Å². The summed E-state index contributed by atoms with van der Waals surface area (Å²) in [5.41, 5.74) is 0.893. The van der Waals surface area contributed by atoms with E-state index in [-0.39, 0.29) is 18.2 Å². The number of carboxylic acid groups (broad SMARTS) is 1. The van der Waals surface area contributed by atoms with Crippen LogP contribution in [0.15, 0.2) is 30.3 Å². The van der Waals surface area contributed by atoms with E-state index in [1.807, 2.05) is 44.2 Å². The second-order valence-corrected chi connectivity index (χ2v) is 6.72. The van der Waals surface area contributed by atoms with Gasteiger partial charge in [0.15, 0.2) is 0 Å². The van der Waals surface area contributed by atoms with Crippen LogP contribution in [0.2, 0.25) is 0 Å². The third kappa shape index (κ3) is 5.08. The molecule has 0 aromatic heterocycles. The van der Waals surface area contributed by atoms with Gasteiger partial charge in [-0.2, -0.15) is 0 Å². The first-order chi connectivity index (χ1) is 11.3. The molecule has 4 heteroatoms. The first-order valence-corrected chi connectivity index (χ1v) is 8.34. The van der Waals surface area contributed by atoms with Crippen molar-refractivity contribution in [2.24, 2.45) is 17.7 Å². The van der Waals surface area contributed by atoms with Crippen LogP contribution in [0.3, 0.4) is 0 Å². The second-order valence-electron chi connectivity index (χ2n) is 6.72. The Kier molecular flexibility index (Phi) is 5.67. The van der Waals surface area contributed by atoms with Gasteiger partial charge in [-0.3, -0.25) is 4.79 Å². The maximum Gasteiger partial charge on any atom is 0.326 e. The number of benzene rings is 1. The van der Waals surface area contributed by atoms with Gasteiger partial charge >= 0.3 is 5.97 Å². The molecule has 2 N–H and O–H groups in total. The maximum atomic E-state index is 12.4. The number of amides is 1. The number of hydrogen-bond donors (Lipinski definition) is 2. The summed E-state index contributed by atoms with van der Waals surface area (Å²) in [5, 5.41) is 12.1. The summed E-state index contributed by atoms with van der Waals surface area (Å²) in [5.74, 6) is -1.48. The summed E-state index contributed by atoms with van der Waals surface area (Å²) >= 11 is 0. The minimum Gasteiger partial charge on any atom is -0.480 e. The molecular formula is C19H27NO3. The zero-order chi connectivity index (χ0) is 17.7. The smallest absolute Gasteiger partial charge is 0.326 e. The third-order valence-electron chi connectivity index (χ3n) is 4.81. The number of hydrogen-bond acceptors (Lipinski definition) is 2. The molecule has 1 saturated carbocycles. The topological polar surface area (TPSA) is 66.4 Å². The number of carbonyl (C=O) groups is 2. The van der Waals surface area contributed by atoms with Crippen molar-refractivity contribution in [1.82, 2.24) is 5.32 Å². The van der Waals surface area contributed by atoms with E-state index < -0.39 is 17.9 Å². The Labute approximate surface area is 139 Å². The number of aliphatic carboxylic acids is 1. The molecule has 126 valence electrons. The average molecular weight is 318 g/mol. The summed E-state index contributed by atoms with van der Waals surface area (Å²) in [4.78, 5) is 23.9. The van der Waals surface area contributed by atoms with E-state index in [1.54, 1.807) is 0 Å². The highest BCUT2D eigenvalue weighted by atomic mass is 16.4. The molecule has 1 fully saturated rings. The molecule has 0 heterocycles. The summed E-state index contributed by atoms with van der Waals surface area (Å²) in [6.07, 6.45) is 3.46. The van der Waals surface area contributed by atoms with Crippen molar-refractivity contribution in [1.29, 1.82) is 0 Å². The number of carboxylic acids is 1. The van der Waals surface area contributed by atoms with Crippen LogP contribution < -0.4 is 5.32 Å². The fourth-order valence-electron chi connectivity index (χ4n) is 3.27. The van der Waals surface area contributed by atoms with Crippen molar-refractivity contribution in [3.05, 3.63) is 35.9 Å². The van der Waals surface area contributed by atoms with Crippen LogP contribution in [0.1, 0.15) is 46.5 Å². The van der Waals surface area contributed by atoms with Gasteiger partial charge in [0.05, 0.1) is 0 Å². The van der Waals surface area contributed by atoms with E-state index in [0.717, 1.165) is 31.2 Å². The number of carbonyl (C=O) groups excluding carboxylic acids is 1. The molecule has 0 saturated heterocycles. The predicted octanol–water partition coefficient (Wildman–Crippen LogP) is 3.26. The van der Waals surface area contributed by atoms with Gasteiger partial charge in [-0.1, -0.05) is 44.2 Å². The third-order valence-corrected chi connectivity index (χ3v) is 4.81. The highest BCUT2D eigenvalue weighted by molar-refractivity contribution is 5.85. The molecule has 1 atom stereocenters. The van der Waals surface area contributed by atoms with Crippen LogP contribution in [0.5, 0.6) is 0 Å². The minimum atomic E-state index is -1.01. The lowest BCUT2D eigenvalue weighted by atomic mass is 9.76. The van der Waals surface area contributed by atoms with Crippen molar-refractivity contribution in [3.63, 3.8) is 0 Å². The highest BCUT2D eigenvalue weighted by Crippen LogP contribution is 2.33. The Hall–Kier alpha value is -1.84. The molecule has 2 rings (SSSR count). The van der Waals surface area contributed by atoms with Crippen molar-refractivity contribution in [2.45, 2.75) is 52.0 Å². The van der Waals surface area contributed by atoms with Gasteiger partial charge in [0.2, 0.25) is 5.91 Å². The van der Waals surface area contributed by atoms with Gasteiger partial charge in [-0.05, 0) is 43.1 Å².